The van der Waals surface area contributed by atoms with Crippen LogP contribution in [0, 0.1) is 0 Å². The minimum absolute atomic E-state index is 0.103. The normalized spacial score (nSPS) is 17.1. The van der Waals surface area contributed by atoms with Crippen LogP contribution in [0.2, 0.25) is 5.02 Å². The summed E-state index contributed by atoms with van der Waals surface area (Å²) in [5.74, 6) is -1.31. The van der Waals surface area contributed by atoms with Crippen LogP contribution in [0.4, 0.5) is 5.69 Å². The van der Waals surface area contributed by atoms with E-state index in [0.717, 1.165) is 0 Å². The van der Waals surface area contributed by atoms with Crippen molar-refractivity contribution in [3.8, 4) is 17.2 Å². The number of aliphatic hydroxyl groups is 1. The molecule has 1 aliphatic rings. The van der Waals surface area contributed by atoms with Crippen molar-refractivity contribution in [3.05, 3.63) is 88.5 Å². The molecule has 0 spiro atoms. The van der Waals surface area contributed by atoms with Crippen molar-refractivity contribution < 1.29 is 29.3 Å². The van der Waals surface area contributed by atoms with Crippen molar-refractivity contribution in [2.75, 3.05) is 18.6 Å². The van der Waals surface area contributed by atoms with Gasteiger partial charge in [0.2, 0.25) is 0 Å². The average Bonchev–Trinajstić information content (AvgIpc) is 3.10. The second-order valence-corrected chi connectivity index (χ2v) is 7.97. The van der Waals surface area contributed by atoms with E-state index in [9.17, 15) is 19.8 Å². The third-order valence-corrected chi connectivity index (χ3v) is 5.76. The summed E-state index contributed by atoms with van der Waals surface area (Å²) in [5.41, 5.74) is 1.08. The van der Waals surface area contributed by atoms with Crippen LogP contribution in [0.25, 0.3) is 5.76 Å². The maximum absolute atomic E-state index is 13.2. The standard InChI is InChI=1S/C26H22ClNO6/c1-3-34-19-11-4-15(5-12-19)24(30)22-23(16-6-13-21(33-2)20(29)14-16)28(26(32)25(22)31)18-9-7-17(27)8-10-18/h4-14,23,29-30H,3H2,1-2H3/b24-22-. The predicted molar refractivity (Wildman–Crippen MR) is 129 cm³/mol. The third kappa shape index (κ3) is 4.18. The summed E-state index contributed by atoms with van der Waals surface area (Å²) in [6.45, 7) is 2.34. The van der Waals surface area contributed by atoms with E-state index < -0.39 is 17.7 Å². The van der Waals surface area contributed by atoms with Crippen LogP contribution >= 0.6 is 11.6 Å². The Kier molecular flexibility index (Phi) is 6.47. The van der Waals surface area contributed by atoms with Crippen molar-refractivity contribution in [3.63, 3.8) is 0 Å². The molecule has 1 aliphatic heterocycles. The van der Waals surface area contributed by atoms with Gasteiger partial charge >= 0.3 is 0 Å². The predicted octanol–water partition coefficient (Wildman–Crippen LogP) is 5.08. The quantitative estimate of drug-likeness (QED) is 0.291. The van der Waals surface area contributed by atoms with Crippen LogP contribution < -0.4 is 14.4 Å². The van der Waals surface area contributed by atoms with Gasteiger partial charge in [0.25, 0.3) is 11.7 Å². The first-order valence-corrected chi connectivity index (χ1v) is 10.9. The number of Topliss-reactive ketones (excluding diaryl/α,β-unsaturated/α-hetero) is 1. The number of hydrogen-bond acceptors (Lipinski definition) is 6. The summed E-state index contributed by atoms with van der Waals surface area (Å²) in [6.07, 6.45) is 0. The van der Waals surface area contributed by atoms with Crippen molar-refractivity contribution in [1.82, 2.24) is 0 Å². The number of benzene rings is 3. The number of carbonyl (C=O) groups excluding carboxylic acids is 2. The molecule has 3 aromatic rings. The van der Waals surface area contributed by atoms with Crippen LogP contribution in [0.15, 0.2) is 72.3 Å². The van der Waals surface area contributed by atoms with Crippen LogP contribution in [-0.2, 0) is 9.59 Å². The van der Waals surface area contributed by atoms with Crippen LogP contribution in [0.1, 0.15) is 24.1 Å². The number of methoxy groups -OCH3 is 1. The fourth-order valence-corrected chi connectivity index (χ4v) is 4.05. The maximum atomic E-state index is 13.2. The molecular weight excluding hydrogens is 458 g/mol. The number of halogens is 1. The zero-order valence-electron chi connectivity index (χ0n) is 18.5. The van der Waals surface area contributed by atoms with E-state index in [1.54, 1.807) is 54.6 Å². The summed E-state index contributed by atoms with van der Waals surface area (Å²) in [6, 6.07) is 16.6. The van der Waals surface area contributed by atoms with Crippen molar-refractivity contribution in [2.24, 2.45) is 0 Å². The van der Waals surface area contributed by atoms with Gasteiger partial charge in [0.05, 0.1) is 25.3 Å². The van der Waals surface area contributed by atoms with Crippen molar-refractivity contribution in [2.45, 2.75) is 13.0 Å². The highest BCUT2D eigenvalue weighted by atomic mass is 35.5. The van der Waals surface area contributed by atoms with Crippen molar-refractivity contribution >= 4 is 34.7 Å². The maximum Gasteiger partial charge on any atom is 0.300 e. The Morgan fingerprint density at radius 3 is 2.29 bits per heavy atom. The zero-order valence-corrected chi connectivity index (χ0v) is 19.2. The van der Waals surface area contributed by atoms with E-state index in [-0.39, 0.29) is 22.8 Å². The third-order valence-electron chi connectivity index (χ3n) is 5.51. The van der Waals surface area contributed by atoms with Gasteiger partial charge in [-0.05, 0) is 73.2 Å². The molecule has 1 fully saturated rings. The molecular formula is C26H22ClNO6. The molecule has 0 bridgehead atoms. The van der Waals surface area contributed by atoms with Gasteiger partial charge in [-0.15, -0.1) is 0 Å². The molecule has 174 valence electrons. The molecule has 4 rings (SSSR count). The Labute approximate surface area is 201 Å². The number of amides is 1. The highest BCUT2D eigenvalue weighted by Gasteiger charge is 2.47. The van der Waals surface area contributed by atoms with E-state index >= 15 is 0 Å². The summed E-state index contributed by atoms with van der Waals surface area (Å²) in [4.78, 5) is 27.6. The molecule has 0 radical (unpaired) electrons. The topological polar surface area (TPSA) is 96.3 Å². The second-order valence-electron chi connectivity index (χ2n) is 7.53. The van der Waals surface area contributed by atoms with Gasteiger partial charge in [0, 0.05) is 16.3 Å². The van der Waals surface area contributed by atoms with Gasteiger partial charge in [-0.2, -0.15) is 0 Å². The Morgan fingerprint density at radius 1 is 1.03 bits per heavy atom. The average molecular weight is 480 g/mol. The highest BCUT2D eigenvalue weighted by Crippen LogP contribution is 2.44. The molecule has 1 unspecified atom stereocenters. The first-order valence-electron chi connectivity index (χ1n) is 10.5. The molecule has 3 aromatic carbocycles. The highest BCUT2D eigenvalue weighted by molar-refractivity contribution is 6.51. The lowest BCUT2D eigenvalue weighted by Crippen LogP contribution is -2.29. The SMILES string of the molecule is CCOc1ccc(/C(O)=C2/C(=O)C(=O)N(c3ccc(Cl)cc3)C2c2ccc(OC)c(O)c2)cc1. The van der Waals surface area contributed by atoms with Crippen LogP contribution in [0.3, 0.4) is 0 Å². The van der Waals surface area contributed by atoms with E-state index in [2.05, 4.69) is 0 Å². The number of phenolic OH excluding ortho intramolecular Hbond substituents is 1. The van der Waals surface area contributed by atoms with Crippen molar-refractivity contribution in [1.29, 1.82) is 0 Å². The molecule has 1 atom stereocenters. The largest absolute Gasteiger partial charge is 0.507 e. The van der Waals surface area contributed by atoms with E-state index in [1.807, 2.05) is 6.92 Å². The molecule has 2 N–H and O–H groups in total. The number of nitrogens with zero attached hydrogens (tertiary/aromatic N) is 1. The number of carbonyl (C=O) groups is 2. The molecule has 0 saturated carbocycles. The first-order chi connectivity index (χ1) is 16.3. The van der Waals surface area contributed by atoms with Gasteiger partial charge in [0.1, 0.15) is 11.5 Å². The number of aliphatic hydroxyl groups excluding tert-OH is 1. The Hall–Kier alpha value is -3.97. The summed E-state index contributed by atoms with van der Waals surface area (Å²) < 4.78 is 10.6. The summed E-state index contributed by atoms with van der Waals surface area (Å²) in [5, 5.41) is 22.0. The second kappa shape index (κ2) is 9.49. The molecule has 7 nitrogen and oxygen atoms in total. The molecule has 8 heteroatoms. The van der Waals surface area contributed by atoms with Gasteiger partial charge < -0.3 is 19.7 Å². The Morgan fingerprint density at radius 2 is 1.71 bits per heavy atom. The Balaban J connectivity index is 1.90. The molecule has 1 saturated heterocycles. The number of rotatable bonds is 6. The molecule has 34 heavy (non-hydrogen) atoms. The van der Waals surface area contributed by atoms with E-state index in [4.69, 9.17) is 21.1 Å². The van der Waals surface area contributed by atoms with Gasteiger partial charge in [-0.25, -0.2) is 0 Å². The van der Waals surface area contributed by atoms with Gasteiger partial charge in [-0.3, -0.25) is 14.5 Å². The lowest BCUT2D eigenvalue weighted by atomic mass is 9.94. The van der Waals surface area contributed by atoms with Crippen LogP contribution in [-0.4, -0.2) is 35.6 Å². The fourth-order valence-electron chi connectivity index (χ4n) is 3.92. The lowest BCUT2D eigenvalue weighted by molar-refractivity contribution is -0.132. The molecule has 0 aliphatic carbocycles. The number of ether oxygens (including phenoxy) is 2. The Bertz CT molecular complexity index is 1270. The fraction of sp³-hybridized carbons (Fsp3) is 0.154. The minimum Gasteiger partial charge on any atom is -0.507 e. The lowest BCUT2D eigenvalue weighted by Gasteiger charge is -2.26. The van der Waals surface area contributed by atoms with E-state index in [1.165, 1.54) is 24.1 Å². The number of hydrogen-bond donors (Lipinski definition) is 2. The van der Waals surface area contributed by atoms with Gasteiger partial charge in [-0.1, -0.05) is 17.7 Å². The summed E-state index contributed by atoms with van der Waals surface area (Å²) in [7, 11) is 1.42. The number of aromatic hydroxyl groups is 1. The first kappa shape index (κ1) is 23.2. The molecule has 1 amide bonds. The monoisotopic (exact) mass is 479 g/mol. The zero-order chi connectivity index (χ0) is 24.4. The van der Waals surface area contributed by atoms with E-state index in [0.29, 0.717) is 34.2 Å². The summed E-state index contributed by atoms with van der Waals surface area (Å²) >= 11 is 6.01. The smallest absolute Gasteiger partial charge is 0.300 e. The number of ketones is 1. The minimum atomic E-state index is -0.996. The number of anilines is 1. The molecule has 1 heterocycles. The van der Waals surface area contributed by atoms with Gasteiger partial charge in [0.15, 0.2) is 11.5 Å². The molecule has 0 aromatic heterocycles. The van der Waals surface area contributed by atoms with Crippen LogP contribution in [0.5, 0.6) is 17.2 Å². The number of phenols is 1.